The fraction of sp³-hybridized carbons (Fsp3) is 0.182. The smallest absolute Gasteiger partial charge is 0.136 e. The molecule has 0 radical (unpaired) electrons. The maximum absolute atomic E-state index is 8.83. The second-order valence-electron chi connectivity index (χ2n) is 2.83. The highest BCUT2D eigenvalue weighted by Crippen LogP contribution is 2.21. The first-order chi connectivity index (χ1) is 6.72. The van der Waals surface area contributed by atoms with Gasteiger partial charge in [0, 0.05) is 6.04 Å². The van der Waals surface area contributed by atoms with E-state index in [0.717, 1.165) is 5.56 Å². The van der Waals surface area contributed by atoms with Gasteiger partial charge in [0.25, 0.3) is 0 Å². The van der Waals surface area contributed by atoms with E-state index in [4.69, 9.17) is 15.7 Å². The monoisotopic (exact) mass is 188 g/mol. The summed E-state index contributed by atoms with van der Waals surface area (Å²) in [5.41, 5.74) is 7.09. The van der Waals surface area contributed by atoms with E-state index >= 15 is 0 Å². The molecule has 0 heterocycles. The highest BCUT2D eigenvalue weighted by Gasteiger charge is 2.06. The van der Waals surface area contributed by atoms with E-state index in [1.807, 2.05) is 6.07 Å². The summed E-state index contributed by atoms with van der Waals surface area (Å²) in [5.74, 6) is 0.563. The Morgan fingerprint density at radius 2 is 2.36 bits per heavy atom. The number of nitrogens with two attached hydrogens (primary N) is 1. The summed E-state index contributed by atoms with van der Waals surface area (Å²) in [5, 5.41) is 8.83. The molecule has 0 aliphatic carbocycles. The van der Waals surface area contributed by atoms with E-state index in [-0.39, 0.29) is 6.04 Å². The third-order valence-electron chi connectivity index (χ3n) is 1.98. The number of hydrogen-bond acceptors (Lipinski definition) is 3. The van der Waals surface area contributed by atoms with E-state index in [1.165, 1.54) is 7.11 Å². The Morgan fingerprint density at radius 3 is 2.86 bits per heavy atom. The molecule has 0 aliphatic rings. The predicted octanol–water partition coefficient (Wildman–Crippen LogP) is 1.75. The summed E-state index contributed by atoms with van der Waals surface area (Å²) in [7, 11) is 1.53. The number of ether oxygens (including phenoxy) is 1. The molecule has 1 aromatic rings. The summed E-state index contributed by atoms with van der Waals surface area (Å²) in [6.07, 6.45) is 1.63. The molecule has 0 fully saturated rings. The molecule has 0 spiro atoms. The Bertz CT molecular complexity index is 379. The molecule has 1 atom stereocenters. The molecule has 14 heavy (non-hydrogen) atoms. The van der Waals surface area contributed by atoms with E-state index in [0.29, 0.717) is 11.3 Å². The average Bonchev–Trinajstić information content (AvgIpc) is 2.26. The molecule has 1 aromatic carbocycles. The van der Waals surface area contributed by atoms with Gasteiger partial charge in [-0.15, -0.1) is 6.58 Å². The molecule has 0 bridgehead atoms. The number of benzene rings is 1. The minimum atomic E-state index is -0.243. The van der Waals surface area contributed by atoms with Crippen LogP contribution in [0.25, 0.3) is 0 Å². The van der Waals surface area contributed by atoms with Crippen LogP contribution < -0.4 is 10.5 Å². The predicted molar refractivity (Wildman–Crippen MR) is 54.8 cm³/mol. The molecule has 0 saturated heterocycles. The quantitative estimate of drug-likeness (QED) is 0.735. The summed E-state index contributed by atoms with van der Waals surface area (Å²) in [6, 6.07) is 7.08. The van der Waals surface area contributed by atoms with Crippen molar-refractivity contribution in [1.82, 2.24) is 0 Å². The summed E-state index contributed by atoms with van der Waals surface area (Å²) >= 11 is 0. The lowest BCUT2D eigenvalue weighted by molar-refractivity contribution is 0.413. The minimum absolute atomic E-state index is 0.243. The first-order valence-electron chi connectivity index (χ1n) is 4.19. The lowest BCUT2D eigenvalue weighted by Gasteiger charge is -2.08. The zero-order valence-electron chi connectivity index (χ0n) is 8.03. The molecule has 72 valence electrons. The van der Waals surface area contributed by atoms with Crippen molar-refractivity contribution in [2.45, 2.75) is 6.04 Å². The van der Waals surface area contributed by atoms with E-state index < -0.39 is 0 Å². The molecule has 2 N–H and O–H groups in total. The van der Waals surface area contributed by atoms with E-state index in [2.05, 4.69) is 12.6 Å². The Morgan fingerprint density at radius 1 is 1.64 bits per heavy atom. The van der Waals surface area contributed by atoms with Crippen LogP contribution >= 0.6 is 0 Å². The second kappa shape index (κ2) is 4.45. The van der Waals surface area contributed by atoms with Gasteiger partial charge >= 0.3 is 0 Å². The molecular weight excluding hydrogens is 176 g/mol. The maximum atomic E-state index is 8.83. The van der Waals surface area contributed by atoms with Crippen molar-refractivity contribution in [1.29, 1.82) is 5.26 Å². The van der Waals surface area contributed by atoms with Crippen molar-refractivity contribution < 1.29 is 4.74 Å². The third kappa shape index (κ3) is 1.93. The van der Waals surface area contributed by atoms with Crippen LogP contribution in [0.4, 0.5) is 0 Å². The molecule has 0 saturated carbocycles. The van der Waals surface area contributed by atoms with Crippen LogP contribution in [-0.2, 0) is 0 Å². The van der Waals surface area contributed by atoms with E-state index in [1.54, 1.807) is 18.2 Å². The second-order valence-corrected chi connectivity index (χ2v) is 2.83. The van der Waals surface area contributed by atoms with Crippen molar-refractivity contribution in [2.75, 3.05) is 7.11 Å². The van der Waals surface area contributed by atoms with Crippen LogP contribution in [0.1, 0.15) is 17.2 Å². The van der Waals surface area contributed by atoms with Gasteiger partial charge in [0.15, 0.2) is 0 Å². The summed E-state index contributed by atoms with van der Waals surface area (Å²) in [6.45, 7) is 3.60. The van der Waals surface area contributed by atoms with Gasteiger partial charge in [-0.05, 0) is 17.7 Å². The van der Waals surface area contributed by atoms with Gasteiger partial charge in [-0.1, -0.05) is 12.1 Å². The van der Waals surface area contributed by atoms with Crippen molar-refractivity contribution in [3.05, 3.63) is 42.0 Å². The zero-order chi connectivity index (χ0) is 10.6. The van der Waals surface area contributed by atoms with Crippen LogP contribution in [0.3, 0.4) is 0 Å². The van der Waals surface area contributed by atoms with Crippen LogP contribution in [-0.4, -0.2) is 7.11 Å². The number of nitriles is 1. The fourth-order valence-electron chi connectivity index (χ4n) is 1.16. The van der Waals surface area contributed by atoms with Crippen molar-refractivity contribution in [2.24, 2.45) is 5.73 Å². The van der Waals surface area contributed by atoms with Crippen molar-refractivity contribution >= 4 is 0 Å². The number of hydrogen-bond donors (Lipinski definition) is 1. The highest BCUT2D eigenvalue weighted by molar-refractivity contribution is 5.46. The topological polar surface area (TPSA) is 59.0 Å². The number of rotatable bonds is 3. The SMILES string of the molecule is C=CC(N)c1ccc(OC)c(C#N)c1. The molecule has 0 aromatic heterocycles. The molecule has 1 unspecified atom stereocenters. The van der Waals surface area contributed by atoms with Gasteiger partial charge < -0.3 is 10.5 Å². The number of methoxy groups -OCH3 is 1. The van der Waals surface area contributed by atoms with Crippen LogP contribution in [0, 0.1) is 11.3 Å². The summed E-state index contributed by atoms with van der Waals surface area (Å²) in [4.78, 5) is 0. The van der Waals surface area contributed by atoms with Gasteiger partial charge in [0.05, 0.1) is 12.7 Å². The molecule has 0 amide bonds. The molecular formula is C11H12N2O. The standard InChI is InChI=1S/C11H12N2O/c1-3-10(13)8-4-5-11(14-2)9(6-8)7-12/h3-6,10H,1,13H2,2H3. The van der Waals surface area contributed by atoms with E-state index in [9.17, 15) is 0 Å². The van der Waals surface area contributed by atoms with Gasteiger partial charge in [-0.3, -0.25) is 0 Å². The van der Waals surface area contributed by atoms with Gasteiger partial charge in [-0.2, -0.15) is 5.26 Å². The highest BCUT2D eigenvalue weighted by atomic mass is 16.5. The lowest BCUT2D eigenvalue weighted by Crippen LogP contribution is -2.06. The molecule has 0 aliphatic heterocycles. The number of nitrogens with zero attached hydrogens (tertiary/aromatic N) is 1. The maximum Gasteiger partial charge on any atom is 0.136 e. The van der Waals surface area contributed by atoms with Crippen LogP contribution in [0.2, 0.25) is 0 Å². The largest absolute Gasteiger partial charge is 0.495 e. The average molecular weight is 188 g/mol. The van der Waals surface area contributed by atoms with Crippen molar-refractivity contribution in [3.63, 3.8) is 0 Å². The first kappa shape index (κ1) is 10.3. The Hall–Kier alpha value is -1.79. The fourth-order valence-corrected chi connectivity index (χ4v) is 1.16. The van der Waals surface area contributed by atoms with Crippen LogP contribution in [0.15, 0.2) is 30.9 Å². The Labute approximate surface area is 83.4 Å². The Kier molecular flexibility index (Phi) is 3.27. The van der Waals surface area contributed by atoms with Crippen molar-refractivity contribution in [3.8, 4) is 11.8 Å². The minimum Gasteiger partial charge on any atom is -0.495 e. The first-order valence-corrected chi connectivity index (χ1v) is 4.19. The molecule has 3 heteroatoms. The normalized spacial score (nSPS) is 11.5. The summed E-state index contributed by atoms with van der Waals surface area (Å²) < 4.78 is 5.02. The third-order valence-corrected chi connectivity index (χ3v) is 1.98. The van der Waals surface area contributed by atoms with Crippen LogP contribution in [0.5, 0.6) is 5.75 Å². The molecule has 1 rings (SSSR count). The zero-order valence-corrected chi connectivity index (χ0v) is 8.03. The van der Waals surface area contributed by atoms with Gasteiger partial charge in [0.1, 0.15) is 11.8 Å². The molecule has 3 nitrogen and oxygen atoms in total. The van der Waals surface area contributed by atoms with Gasteiger partial charge in [-0.25, -0.2) is 0 Å². The Balaban J connectivity index is 3.15. The lowest BCUT2D eigenvalue weighted by atomic mass is 10.0. The van der Waals surface area contributed by atoms with Gasteiger partial charge in [0.2, 0.25) is 0 Å².